The van der Waals surface area contributed by atoms with Crippen LogP contribution in [0.3, 0.4) is 0 Å². The highest BCUT2D eigenvalue weighted by Crippen LogP contribution is 2.69. The maximum atomic E-state index is 14.1. The minimum atomic E-state index is -0.831. The van der Waals surface area contributed by atoms with Gasteiger partial charge in [0, 0.05) is 10.9 Å². The van der Waals surface area contributed by atoms with E-state index >= 15 is 0 Å². The van der Waals surface area contributed by atoms with Crippen LogP contribution >= 0.6 is 23.4 Å². The van der Waals surface area contributed by atoms with E-state index in [9.17, 15) is 19.5 Å². The van der Waals surface area contributed by atoms with E-state index in [-0.39, 0.29) is 35.5 Å². The van der Waals surface area contributed by atoms with Crippen molar-refractivity contribution >= 4 is 52.5 Å². The van der Waals surface area contributed by atoms with E-state index in [1.807, 2.05) is 37.3 Å². The highest BCUT2D eigenvalue weighted by molar-refractivity contribution is 8.02. The number of likely N-dealkylation sites (tertiary alicyclic amines) is 1. The maximum Gasteiger partial charge on any atom is 0.248 e. The summed E-state index contributed by atoms with van der Waals surface area (Å²) in [5, 5.41) is 16.4. The number of carbonyl (C=O) groups excluding carboxylic acids is 3. The lowest BCUT2D eigenvalue weighted by atomic mass is 9.66. The van der Waals surface area contributed by atoms with E-state index in [1.165, 1.54) is 0 Å². The summed E-state index contributed by atoms with van der Waals surface area (Å²) in [5.41, 5.74) is 1.14. The Morgan fingerprint density at radius 2 is 1.83 bits per heavy atom. The van der Waals surface area contributed by atoms with Gasteiger partial charge in [-0.2, -0.15) is 0 Å². The monoisotopic (exact) mass is 527 g/mol. The molecule has 2 aromatic carbocycles. The number of benzene rings is 2. The summed E-state index contributed by atoms with van der Waals surface area (Å²) in [6, 6.07) is 14.8. The van der Waals surface area contributed by atoms with Gasteiger partial charge in [0.25, 0.3) is 0 Å². The number of hydrogen-bond acceptors (Lipinski definition) is 5. The summed E-state index contributed by atoms with van der Waals surface area (Å²) in [6.07, 6.45) is 1.23. The number of anilines is 2. The van der Waals surface area contributed by atoms with Crippen molar-refractivity contribution in [3.63, 3.8) is 0 Å². The Kier molecular flexibility index (Phi) is 6.78. The second-order valence-corrected chi connectivity index (χ2v) is 11.8. The smallest absolute Gasteiger partial charge is 0.248 e. The SMILES string of the molecule is CC[C@@H](CO)N1C(=O)[C@@H]2[C@@H](C(=O)Nc3ccccc3)[C@H]3CC(C)C2(S3)C1C(=O)Nc1ccccc1Cl. The summed E-state index contributed by atoms with van der Waals surface area (Å²) in [7, 11) is 0. The van der Waals surface area contributed by atoms with Crippen molar-refractivity contribution in [3.8, 4) is 0 Å². The Morgan fingerprint density at radius 1 is 1.14 bits per heavy atom. The van der Waals surface area contributed by atoms with E-state index < -0.39 is 28.7 Å². The molecule has 1 spiro atoms. The summed E-state index contributed by atoms with van der Waals surface area (Å²) in [6.45, 7) is 3.69. The minimum absolute atomic E-state index is 0.0328. The van der Waals surface area contributed by atoms with Crippen molar-refractivity contribution in [1.29, 1.82) is 0 Å². The number of nitrogens with zero attached hydrogens (tertiary/aromatic N) is 1. The van der Waals surface area contributed by atoms with Crippen LogP contribution in [0.5, 0.6) is 0 Å². The first-order chi connectivity index (χ1) is 17.3. The fourth-order valence-electron chi connectivity index (χ4n) is 6.38. The zero-order chi connectivity index (χ0) is 25.6. The van der Waals surface area contributed by atoms with Crippen molar-refractivity contribution in [3.05, 3.63) is 59.6 Å². The normalized spacial score (nSPS) is 31.3. The fourth-order valence-corrected chi connectivity index (χ4v) is 8.97. The number of hydrogen-bond donors (Lipinski definition) is 3. The molecule has 5 rings (SSSR count). The van der Waals surface area contributed by atoms with Gasteiger partial charge in [-0.1, -0.05) is 55.8 Å². The number of rotatable bonds is 7. The molecule has 2 aromatic rings. The number of amides is 3. The number of nitrogens with one attached hydrogen (secondary N) is 2. The predicted molar refractivity (Wildman–Crippen MR) is 142 cm³/mol. The molecular formula is C27H30ClN3O4S. The van der Waals surface area contributed by atoms with Crippen molar-refractivity contribution in [2.24, 2.45) is 17.8 Å². The lowest BCUT2D eigenvalue weighted by molar-refractivity contribution is -0.141. The van der Waals surface area contributed by atoms with Crippen LogP contribution in [-0.4, -0.2) is 56.4 Å². The summed E-state index contributed by atoms with van der Waals surface area (Å²) >= 11 is 7.93. The molecule has 9 heteroatoms. The number of para-hydroxylation sites is 2. The lowest BCUT2D eigenvalue weighted by Crippen LogP contribution is -2.57. The van der Waals surface area contributed by atoms with Crippen LogP contribution in [0.25, 0.3) is 0 Å². The van der Waals surface area contributed by atoms with Gasteiger partial charge in [0.2, 0.25) is 17.7 Å². The van der Waals surface area contributed by atoms with E-state index in [4.69, 9.17) is 11.6 Å². The Morgan fingerprint density at radius 3 is 2.50 bits per heavy atom. The van der Waals surface area contributed by atoms with Crippen molar-refractivity contribution < 1.29 is 19.5 Å². The zero-order valence-electron chi connectivity index (χ0n) is 20.2. The molecule has 3 N–H and O–H groups in total. The van der Waals surface area contributed by atoms with Gasteiger partial charge < -0.3 is 20.6 Å². The largest absolute Gasteiger partial charge is 0.394 e. The number of aliphatic hydroxyl groups excluding tert-OH is 1. The summed E-state index contributed by atoms with van der Waals surface area (Å²) in [4.78, 5) is 43.2. The molecule has 0 aliphatic carbocycles. The Balaban J connectivity index is 1.54. The lowest BCUT2D eigenvalue weighted by Gasteiger charge is -2.40. The van der Waals surface area contributed by atoms with Crippen molar-refractivity contribution in [1.82, 2.24) is 4.90 Å². The molecule has 2 bridgehead atoms. The van der Waals surface area contributed by atoms with Gasteiger partial charge >= 0.3 is 0 Å². The Hall–Kier alpha value is -2.55. The topological polar surface area (TPSA) is 98.7 Å². The molecule has 36 heavy (non-hydrogen) atoms. The first kappa shape index (κ1) is 25.1. The molecule has 3 heterocycles. The molecule has 3 fully saturated rings. The minimum Gasteiger partial charge on any atom is -0.394 e. The van der Waals surface area contributed by atoms with Crippen LogP contribution in [0.1, 0.15) is 26.7 Å². The molecule has 3 aliphatic rings. The van der Waals surface area contributed by atoms with Gasteiger partial charge in [0.15, 0.2) is 0 Å². The van der Waals surface area contributed by atoms with Gasteiger partial charge in [-0.25, -0.2) is 0 Å². The molecule has 7 nitrogen and oxygen atoms in total. The standard InChI is InChI=1S/C27H30ClN3O4S/c1-3-17(14-32)31-23(25(34)30-19-12-8-7-11-18(19)28)27-15(2)13-20(36-27)21(22(27)26(31)35)24(33)29-16-9-5-4-6-10-16/h4-12,15,17,20-23,32H,3,13-14H2,1-2H3,(H,29,33)(H,30,34)/t15?,17-,20+,21-,22-,23?,27?/m0/s1. The van der Waals surface area contributed by atoms with E-state index in [2.05, 4.69) is 17.6 Å². The molecule has 0 aromatic heterocycles. The van der Waals surface area contributed by atoms with Gasteiger partial charge in [-0.3, -0.25) is 14.4 Å². The van der Waals surface area contributed by atoms with Gasteiger partial charge in [-0.15, -0.1) is 11.8 Å². The molecule has 190 valence electrons. The third-order valence-corrected chi connectivity index (χ3v) is 10.4. The van der Waals surface area contributed by atoms with Crippen molar-refractivity contribution in [2.45, 2.75) is 48.8 Å². The number of aliphatic hydroxyl groups is 1. The van der Waals surface area contributed by atoms with E-state index in [0.717, 1.165) is 6.42 Å². The first-order valence-corrected chi connectivity index (χ1v) is 13.6. The Bertz CT molecular complexity index is 1180. The van der Waals surface area contributed by atoms with Crippen LogP contribution in [-0.2, 0) is 14.4 Å². The van der Waals surface area contributed by atoms with Crippen LogP contribution in [0.15, 0.2) is 54.6 Å². The number of halogens is 1. The highest BCUT2D eigenvalue weighted by Gasteiger charge is 2.76. The number of carbonyl (C=O) groups is 3. The molecule has 3 aliphatic heterocycles. The average molecular weight is 528 g/mol. The average Bonchev–Trinajstić information content (AvgIpc) is 3.46. The van der Waals surface area contributed by atoms with Crippen molar-refractivity contribution in [2.75, 3.05) is 17.2 Å². The quantitative estimate of drug-likeness (QED) is 0.505. The fraction of sp³-hybridized carbons (Fsp3) is 0.444. The van der Waals surface area contributed by atoms with Crippen LogP contribution < -0.4 is 10.6 Å². The molecule has 0 radical (unpaired) electrons. The van der Waals surface area contributed by atoms with Crippen LogP contribution in [0, 0.1) is 17.8 Å². The molecule has 0 saturated carbocycles. The zero-order valence-corrected chi connectivity index (χ0v) is 21.8. The Labute approximate surface area is 220 Å². The first-order valence-electron chi connectivity index (χ1n) is 12.4. The number of fused-ring (bicyclic) bond motifs is 1. The molecular weight excluding hydrogens is 498 g/mol. The van der Waals surface area contributed by atoms with Gasteiger partial charge in [0.05, 0.1) is 39.9 Å². The third kappa shape index (κ3) is 3.81. The van der Waals surface area contributed by atoms with Crippen LogP contribution in [0.2, 0.25) is 5.02 Å². The maximum absolute atomic E-state index is 14.1. The summed E-state index contributed by atoms with van der Waals surface area (Å²) < 4.78 is -0.769. The predicted octanol–water partition coefficient (Wildman–Crippen LogP) is 4.03. The van der Waals surface area contributed by atoms with E-state index in [1.54, 1.807) is 40.9 Å². The van der Waals surface area contributed by atoms with E-state index in [0.29, 0.717) is 22.8 Å². The molecule has 3 saturated heterocycles. The highest BCUT2D eigenvalue weighted by atomic mass is 35.5. The molecule has 7 atom stereocenters. The molecule has 3 unspecified atom stereocenters. The number of thioether (sulfide) groups is 1. The summed E-state index contributed by atoms with van der Waals surface area (Å²) in [5.74, 6) is -1.95. The second-order valence-electron chi connectivity index (χ2n) is 9.87. The van der Waals surface area contributed by atoms with Gasteiger partial charge in [-0.05, 0) is 43.0 Å². The second kappa shape index (κ2) is 9.72. The van der Waals surface area contributed by atoms with Gasteiger partial charge in [0.1, 0.15) is 6.04 Å². The third-order valence-electron chi connectivity index (χ3n) is 7.98. The van der Waals surface area contributed by atoms with Crippen LogP contribution in [0.4, 0.5) is 11.4 Å². The molecule has 3 amide bonds.